The molecule has 0 aromatic rings. The first kappa shape index (κ1) is 18.1. The summed E-state index contributed by atoms with van der Waals surface area (Å²) in [5.41, 5.74) is 0. The molecule has 0 amide bonds. The summed E-state index contributed by atoms with van der Waals surface area (Å²) in [5, 5.41) is 11.2. The molecular weight excluding hydrogens is 318 g/mol. The summed E-state index contributed by atoms with van der Waals surface area (Å²) in [6, 6.07) is 0. The Morgan fingerprint density at radius 2 is 1.58 bits per heavy atom. The first-order chi connectivity index (χ1) is 11.2. The van der Waals surface area contributed by atoms with E-state index < -0.39 is 30.2 Å². The van der Waals surface area contributed by atoms with Crippen molar-refractivity contribution in [1.29, 1.82) is 0 Å². The van der Waals surface area contributed by atoms with Crippen molar-refractivity contribution in [1.82, 2.24) is 0 Å². The number of rotatable bonds is 7. The van der Waals surface area contributed by atoms with Gasteiger partial charge in [-0.25, -0.2) is 0 Å². The third-order valence-electron chi connectivity index (χ3n) is 6.34. The fourth-order valence-corrected chi connectivity index (χ4v) is 5.63. The summed E-state index contributed by atoms with van der Waals surface area (Å²) in [5.74, 6) is -5.45. The SMILES string of the molecule is COC(OC(C1C2CC3CC(C2)CC1C3)C(F)(F)C(=O)[O-])C(C)C. The van der Waals surface area contributed by atoms with Crippen LogP contribution < -0.4 is 5.11 Å². The highest BCUT2D eigenvalue weighted by Crippen LogP contribution is 2.59. The third kappa shape index (κ3) is 3.07. The molecule has 0 spiro atoms. The second kappa shape index (κ2) is 6.52. The van der Waals surface area contributed by atoms with E-state index in [9.17, 15) is 18.7 Å². The van der Waals surface area contributed by atoms with Crippen LogP contribution in [0, 0.1) is 35.5 Å². The Labute approximate surface area is 141 Å². The van der Waals surface area contributed by atoms with Crippen LogP contribution in [0.5, 0.6) is 0 Å². The number of halogens is 2. The normalized spacial score (nSPS) is 37.7. The van der Waals surface area contributed by atoms with Crippen LogP contribution in [0.2, 0.25) is 0 Å². The van der Waals surface area contributed by atoms with Crippen molar-refractivity contribution in [3.8, 4) is 0 Å². The molecule has 0 aromatic heterocycles. The summed E-state index contributed by atoms with van der Waals surface area (Å²) in [4.78, 5) is 11.2. The van der Waals surface area contributed by atoms with Gasteiger partial charge in [-0.2, -0.15) is 8.78 Å². The number of carboxylic acid groups (broad SMARTS) is 1. The van der Waals surface area contributed by atoms with Gasteiger partial charge in [0.1, 0.15) is 12.1 Å². The zero-order valence-corrected chi connectivity index (χ0v) is 14.5. The van der Waals surface area contributed by atoms with Crippen molar-refractivity contribution in [2.24, 2.45) is 35.5 Å². The number of hydrogen-bond acceptors (Lipinski definition) is 4. The molecule has 6 heteroatoms. The predicted octanol–water partition coefficient (Wildman–Crippen LogP) is 2.46. The molecule has 138 valence electrons. The van der Waals surface area contributed by atoms with Gasteiger partial charge in [0.25, 0.3) is 0 Å². The van der Waals surface area contributed by atoms with Gasteiger partial charge in [0.15, 0.2) is 6.29 Å². The van der Waals surface area contributed by atoms with Gasteiger partial charge < -0.3 is 19.4 Å². The molecule has 0 aliphatic heterocycles. The highest BCUT2D eigenvalue weighted by molar-refractivity contribution is 5.74. The van der Waals surface area contributed by atoms with Crippen LogP contribution in [0.3, 0.4) is 0 Å². The Morgan fingerprint density at radius 1 is 1.08 bits per heavy atom. The Morgan fingerprint density at radius 3 is 1.96 bits per heavy atom. The minimum Gasteiger partial charge on any atom is -0.544 e. The van der Waals surface area contributed by atoms with E-state index in [0.29, 0.717) is 11.8 Å². The lowest BCUT2D eigenvalue weighted by Gasteiger charge is -2.57. The molecule has 0 radical (unpaired) electrons. The van der Waals surface area contributed by atoms with Crippen molar-refractivity contribution >= 4 is 5.97 Å². The topological polar surface area (TPSA) is 58.6 Å². The van der Waals surface area contributed by atoms with Crippen LogP contribution in [0.25, 0.3) is 0 Å². The largest absolute Gasteiger partial charge is 0.544 e. The molecule has 0 heterocycles. The first-order valence-electron chi connectivity index (χ1n) is 9.01. The van der Waals surface area contributed by atoms with Crippen molar-refractivity contribution in [2.45, 2.75) is 64.3 Å². The number of hydrogen-bond donors (Lipinski definition) is 0. The summed E-state index contributed by atoms with van der Waals surface area (Å²) >= 11 is 0. The van der Waals surface area contributed by atoms with Gasteiger partial charge in [0.2, 0.25) is 0 Å². The Bertz CT molecular complexity index is 452. The van der Waals surface area contributed by atoms with E-state index in [1.165, 1.54) is 13.5 Å². The molecule has 4 nitrogen and oxygen atoms in total. The summed E-state index contributed by atoms with van der Waals surface area (Å²) in [6.45, 7) is 3.61. The molecule has 4 aliphatic rings. The highest BCUT2D eigenvalue weighted by Gasteiger charge is 2.58. The van der Waals surface area contributed by atoms with Gasteiger partial charge in [-0.15, -0.1) is 0 Å². The average Bonchev–Trinajstić information content (AvgIpc) is 2.48. The fraction of sp³-hybridized carbons (Fsp3) is 0.944. The minimum atomic E-state index is -4.01. The van der Waals surface area contributed by atoms with Gasteiger partial charge in [-0.05, 0) is 61.7 Å². The Hall–Kier alpha value is -0.750. The van der Waals surface area contributed by atoms with Crippen molar-refractivity contribution in [3.05, 3.63) is 0 Å². The summed E-state index contributed by atoms with van der Waals surface area (Å²) in [7, 11) is 1.40. The van der Waals surface area contributed by atoms with E-state index >= 15 is 0 Å². The molecular formula is C18H27F2O4-. The summed E-state index contributed by atoms with van der Waals surface area (Å²) in [6.07, 6.45) is 2.34. The quantitative estimate of drug-likeness (QED) is 0.665. The number of carboxylic acids is 1. The average molecular weight is 345 g/mol. The number of aliphatic carboxylic acids is 1. The van der Waals surface area contributed by atoms with Gasteiger partial charge in [0.05, 0.1) is 0 Å². The second-order valence-corrected chi connectivity index (χ2v) is 8.32. The smallest absolute Gasteiger partial charge is 0.313 e. The molecule has 4 saturated carbocycles. The summed E-state index contributed by atoms with van der Waals surface area (Å²) < 4.78 is 39.9. The number of carbonyl (C=O) groups excluding carboxylic acids is 1. The van der Waals surface area contributed by atoms with Crippen molar-refractivity contribution in [3.63, 3.8) is 0 Å². The number of methoxy groups -OCH3 is 1. The minimum absolute atomic E-state index is 0.126. The molecule has 4 bridgehead atoms. The van der Waals surface area contributed by atoms with Crippen LogP contribution in [0.1, 0.15) is 46.0 Å². The molecule has 4 aliphatic carbocycles. The van der Waals surface area contributed by atoms with E-state index in [2.05, 4.69) is 0 Å². The van der Waals surface area contributed by atoms with Crippen LogP contribution in [-0.4, -0.2) is 31.4 Å². The zero-order chi connectivity index (χ0) is 17.6. The van der Waals surface area contributed by atoms with Crippen molar-refractivity contribution < 1.29 is 28.2 Å². The van der Waals surface area contributed by atoms with E-state index in [0.717, 1.165) is 25.7 Å². The Kier molecular flexibility index (Phi) is 4.91. The van der Waals surface area contributed by atoms with Gasteiger partial charge >= 0.3 is 5.92 Å². The van der Waals surface area contributed by atoms with Crippen molar-refractivity contribution in [2.75, 3.05) is 7.11 Å². The first-order valence-corrected chi connectivity index (χ1v) is 9.01. The monoisotopic (exact) mass is 345 g/mol. The molecule has 0 N–H and O–H groups in total. The van der Waals surface area contributed by atoms with Crippen LogP contribution >= 0.6 is 0 Å². The third-order valence-corrected chi connectivity index (χ3v) is 6.34. The molecule has 0 saturated heterocycles. The number of carbonyl (C=O) groups is 1. The van der Waals surface area contributed by atoms with E-state index in [-0.39, 0.29) is 17.8 Å². The molecule has 2 atom stereocenters. The molecule has 24 heavy (non-hydrogen) atoms. The lowest BCUT2D eigenvalue weighted by molar-refractivity contribution is -0.349. The lowest BCUT2D eigenvalue weighted by Crippen LogP contribution is -2.60. The van der Waals surface area contributed by atoms with Gasteiger partial charge in [0, 0.05) is 13.0 Å². The molecule has 4 fully saturated rings. The van der Waals surface area contributed by atoms with E-state index in [1.54, 1.807) is 13.8 Å². The van der Waals surface area contributed by atoms with E-state index in [4.69, 9.17) is 9.47 Å². The lowest BCUT2D eigenvalue weighted by atomic mass is 9.50. The maximum atomic E-state index is 14.5. The number of alkyl halides is 2. The zero-order valence-electron chi connectivity index (χ0n) is 14.5. The van der Waals surface area contributed by atoms with Crippen LogP contribution in [0.4, 0.5) is 8.78 Å². The molecule has 4 rings (SSSR count). The predicted molar refractivity (Wildman–Crippen MR) is 81.0 cm³/mol. The van der Waals surface area contributed by atoms with Crippen LogP contribution in [-0.2, 0) is 14.3 Å². The highest BCUT2D eigenvalue weighted by atomic mass is 19.3. The second-order valence-electron chi connectivity index (χ2n) is 8.32. The van der Waals surface area contributed by atoms with E-state index in [1.807, 2.05) is 0 Å². The fourth-order valence-electron chi connectivity index (χ4n) is 5.63. The maximum Gasteiger partial charge on any atom is 0.313 e. The standard InChI is InChI=1S/C18H28F2O4/c1-9(2)16(23-3)24-15(18(19,20)17(21)22)14-12-5-10-4-11(7-12)8-13(14)6-10/h9-16H,4-8H2,1-3H3,(H,21,22)/p-1. The molecule has 0 aromatic carbocycles. The molecule has 2 unspecified atom stereocenters. The van der Waals surface area contributed by atoms with Gasteiger partial charge in [-0.3, -0.25) is 0 Å². The Balaban J connectivity index is 1.88. The maximum absolute atomic E-state index is 14.5. The number of ether oxygens (including phenoxy) is 2. The van der Waals surface area contributed by atoms with Gasteiger partial charge in [-0.1, -0.05) is 13.8 Å². The van der Waals surface area contributed by atoms with Crippen LogP contribution in [0.15, 0.2) is 0 Å².